The zero-order valence-electron chi connectivity index (χ0n) is 12.9. The van der Waals surface area contributed by atoms with Crippen LogP contribution in [0.2, 0.25) is 10.0 Å². The number of para-hydroxylation sites is 1. The van der Waals surface area contributed by atoms with E-state index in [1.165, 1.54) is 6.07 Å². The number of rotatable bonds is 1. The third-order valence-corrected chi connectivity index (χ3v) is 5.85. The first-order valence-electron chi connectivity index (χ1n) is 7.95. The number of nitrogens with one attached hydrogen (secondary N) is 1. The van der Waals surface area contributed by atoms with Crippen molar-refractivity contribution in [2.75, 3.05) is 5.32 Å². The Hall–Kier alpha value is -1.65. The van der Waals surface area contributed by atoms with Gasteiger partial charge >= 0.3 is 6.18 Å². The van der Waals surface area contributed by atoms with Gasteiger partial charge in [-0.05, 0) is 35.6 Å². The van der Waals surface area contributed by atoms with Gasteiger partial charge in [0.2, 0.25) is 0 Å². The fourth-order valence-electron chi connectivity index (χ4n) is 3.93. The van der Waals surface area contributed by atoms with E-state index >= 15 is 0 Å². The first-order valence-corrected chi connectivity index (χ1v) is 8.70. The Morgan fingerprint density at radius 1 is 1.00 bits per heavy atom. The summed E-state index contributed by atoms with van der Waals surface area (Å²) in [6.07, 6.45) is 0.380. The van der Waals surface area contributed by atoms with E-state index in [2.05, 4.69) is 5.32 Å². The van der Waals surface area contributed by atoms with Crippen LogP contribution in [0.15, 0.2) is 48.6 Å². The smallest absolute Gasteiger partial charge is 0.377 e. The van der Waals surface area contributed by atoms with Crippen molar-refractivity contribution in [3.63, 3.8) is 0 Å². The predicted molar refractivity (Wildman–Crippen MR) is 94.3 cm³/mol. The Morgan fingerprint density at radius 2 is 1.72 bits per heavy atom. The first kappa shape index (κ1) is 16.8. The van der Waals surface area contributed by atoms with E-state index in [1.807, 2.05) is 18.2 Å². The van der Waals surface area contributed by atoms with Crippen LogP contribution in [0.1, 0.15) is 35.1 Å². The molecule has 0 spiro atoms. The number of alkyl halides is 3. The van der Waals surface area contributed by atoms with Gasteiger partial charge in [0.25, 0.3) is 0 Å². The molecule has 0 saturated heterocycles. The standard InChI is InChI=1S/C19H14Cl2F3N/c20-15-9-3-7-13(16(15)21)17-11-5-1-4-10(11)12-6-2-8-14(18(12)25-17)19(22,23)24/h1-4,6-11,17,25H,5H2/t10-,11+,17+/m0/s1. The molecule has 2 aromatic rings. The second kappa shape index (κ2) is 5.96. The number of hydrogen-bond acceptors (Lipinski definition) is 1. The van der Waals surface area contributed by atoms with Crippen molar-refractivity contribution in [2.24, 2.45) is 5.92 Å². The highest BCUT2D eigenvalue weighted by atomic mass is 35.5. The van der Waals surface area contributed by atoms with E-state index in [4.69, 9.17) is 23.2 Å². The molecule has 0 unspecified atom stereocenters. The Balaban J connectivity index is 1.88. The molecule has 1 heterocycles. The molecule has 0 radical (unpaired) electrons. The minimum absolute atomic E-state index is 0.0707. The van der Waals surface area contributed by atoms with Crippen molar-refractivity contribution in [2.45, 2.75) is 24.6 Å². The van der Waals surface area contributed by atoms with E-state index in [1.54, 1.807) is 18.2 Å². The van der Waals surface area contributed by atoms with Crippen molar-refractivity contribution in [3.8, 4) is 0 Å². The maximum Gasteiger partial charge on any atom is 0.418 e. The molecular formula is C19H14Cl2F3N. The second-order valence-electron chi connectivity index (χ2n) is 6.39. The van der Waals surface area contributed by atoms with Crippen LogP contribution in [0, 0.1) is 5.92 Å². The van der Waals surface area contributed by atoms with Crippen molar-refractivity contribution >= 4 is 28.9 Å². The molecule has 0 aromatic heterocycles. The van der Waals surface area contributed by atoms with Gasteiger partial charge in [-0.15, -0.1) is 0 Å². The second-order valence-corrected chi connectivity index (χ2v) is 7.17. The number of anilines is 1. The minimum atomic E-state index is -4.42. The monoisotopic (exact) mass is 383 g/mol. The van der Waals surface area contributed by atoms with E-state index in [0.717, 1.165) is 18.1 Å². The molecule has 1 nitrogen and oxygen atoms in total. The maximum absolute atomic E-state index is 13.5. The van der Waals surface area contributed by atoms with E-state index in [-0.39, 0.29) is 23.6 Å². The molecule has 0 fully saturated rings. The Kier molecular flexibility index (Phi) is 4.00. The van der Waals surface area contributed by atoms with E-state index in [9.17, 15) is 13.2 Å². The maximum atomic E-state index is 13.5. The van der Waals surface area contributed by atoms with Crippen molar-refractivity contribution in [1.29, 1.82) is 0 Å². The molecule has 130 valence electrons. The van der Waals surface area contributed by atoms with Crippen LogP contribution >= 0.6 is 23.2 Å². The lowest BCUT2D eigenvalue weighted by atomic mass is 9.76. The van der Waals surface area contributed by atoms with Crippen LogP contribution in [-0.4, -0.2) is 0 Å². The molecule has 3 atom stereocenters. The fourth-order valence-corrected chi connectivity index (χ4v) is 4.35. The molecule has 0 amide bonds. The SMILES string of the molecule is FC(F)(F)c1cccc2c1N[C@@H](c1cccc(Cl)c1Cl)[C@@H]1CC=C[C@H]21. The molecule has 0 saturated carbocycles. The van der Waals surface area contributed by atoms with Gasteiger partial charge in [0.05, 0.1) is 27.3 Å². The van der Waals surface area contributed by atoms with E-state index in [0.29, 0.717) is 15.6 Å². The highest BCUT2D eigenvalue weighted by molar-refractivity contribution is 6.42. The zero-order chi connectivity index (χ0) is 17.8. The predicted octanol–water partition coefficient (Wildman–Crippen LogP) is 6.84. The van der Waals surface area contributed by atoms with Gasteiger partial charge in [0, 0.05) is 5.92 Å². The van der Waals surface area contributed by atoms with E-state index < -0.39 is 11.7 Å². The summed E-state index contributed by atoms with van der Waals surface area (Å²) in [4.78, 5) is 0. The number of allylic oxidation sites excluding steroid dienone is 2. The highest BCUT2D eigenvalue weighted by Gasteiger charge is 2.43. The third-order valence-electron chi connectivity index (χ3n) is 5.02. The fraction of sp³-hybridized carbons (Fsp3) is 0.263. The lowest BCUT2D eigenvalue weighted by molar-refractivity contribution is -0.137. The highest BCUT2D eigenvalue weighted by Crippen LogP contribution is 2.53. The molecule has 1 aliphatic carbocycles. The van der Waals surface area contributed by atoms with Crippen LogP contribution < -0.4 is 5.32 Å². The summed E-state index contributed by atoms with van der Waals surface area (Å²) in [5.74, 6) is 0.0329. The number of benzene rings is 2. The van der Waals surface area contributed by atoms with Gasteiger partial charge in [-0.2, -0.15) is 13.2 Å². The molecule has 1 N–H and O–H groups in total. The van der Waals surface area contributed by atoms with Gasteiger partial charge in [-0.1, -0.05) is 59.6 Å². The molecule has 2 aromatic carbocycles. The van der Waals surface area contributed by atoms with Crippen LogP contribution in [0.5, 0.6) is 0 Å². The average Bonchev–Trinajstić information content (AvgIpc) is 3.05. The summed E-state index contributed by atoms with van der Waals surface area (Å²) in [5.41, 5.74) is 0.911. The van der Waals surface area contributed by atoms with Crippen LogP contribution in [-0.2, 0) is 6.18 Å². The Morgan fingerprint density at radius 3 is 2.48 bits per heavy atom. The van der Waals surface area contributed by atoms with Gasteiger partial charge < -0.3 is 5.32 Å². The normalized spacial score (nSPS) is 24.6. The lowest BCUT2D eigenvalue weighted by Crippen LogP contribution is -2.31. The van der Waals surface area contributed by atoms with Crippen LogP contribution in [0.4, 0.5) is 18.9 Å². The minimum Gasteiger partial charge on any atom is -0.377 e. The molecule has 2 aliphatic rings. The van der Waals surface area contributed by atoms with Crippen molar-refractivity contribution < 1.29 is 13.2 Å². The Labute approximate surface area is 153 Å². The lowest BCUT2D eigenvalue weighted by Gasteiger charge is -2.39. The largest absolute Gasteiger partial charge is 0.418 e. The Bertz CT molecular complexity index is 860. The van der Waals surface area contributed by atoms with Crippen LogP contribution in [0.3, 0.4) is 0 Å². The van der Waals surface area contributed by atoms with Gasteiger partial charge in [-0.25, -0.2) is 0 Å². The summed E-state index contributed by atoms with van der Waals surface area (Å²) in [6, 6.07) is 9.29. The van der Waals surface area contributed by atoms with Crippen molar-refractivity contribution in [3.05, 3.63) is 75.3 Å². The van der Waals surface area contributed by atoms with Gasteiger partial charge in [0.15, 0.2) is 0 Å². The molecule has 4 rings (SSSR count). The summed E-state index contributed by atoms with van der Waals surface area (Å²) in [5, 5.41) is 3.92. The number of hydrogen-bond donors (Lipinski definition) is 1. The summed E-state index contributed by atoms with van der Waals surface area (Å²) in [7, 11) is 0. The topological polar surface area (TPSA) is 12.0 Å². The number of halogens is 5. The zero-order valence-corrected chi connectivity index (χ0v) is 14.5. The molecule has 0 bridgehead atoms. The summed E-state index contributed by atoms with van der Waals surface area (Å²) in [6.45, 7) is 0. The quantitative estimate of drug-likeness (QED) is 0.531. The molecular weight excluding hydrogens is 370 g/mol. The van der Waals surface area contributed by atoms with Crippen molar-refractivity contribution in [1.82, 2.24) is 0 Å². The summed E-state index contributed by atoms with van der Waals surface area (Å²) < 4.78 is 40.5. The summed E-state index contributed by atoms with van der Waals surface area (Å²) >= 11 is 12.5. The van der Waals surface area contributed by atoms with Crippen LogP contribution in [0.25, 0.3) is 0 Å². The third kappa shape index (κ3) is 2.72. The molecule has 6 heteroatoms. The molecule has 25 heavy (non-hydrogen) atoms. The average molecular weight is 384 g/mol. The van der Waals surface area contributed by atoms with Gasteiger partial charge in [-0.3, -0.25) is 0 Å². The number of fused-ring (bicyclic) bond motifs is 3. The van der Waals surface area contributed by atoms with Gasteiger partial charge in [0.1, 0.15) is 0 Å². The first-order chi connectivity index (χ1) is 11.9. The molecule has 1 aliphatic heterocycles.